The van der Waals surface area contributed by atoms with Crippen LogP contribution in [-0.4, -0.2) is 37.2 Å². The Labute approximate surface area is 464 Å². The van der Waals surface area contributed by atoms with Crippen LogP contribution in [0.25, 0.3) is 0 Å². The van der Waals surface area contributed by atoms with Crippen LogP contribution in [0.3, 0.4) is 0 Å². The summed E-state index contributed by atoms with van der Waals surface area (Å²) in [5.41, 5.74) is 0. The molecule has 0 heterocycles. The summed E-state index contributed by atoms with van der Waals surface area (Å²) < 4.78 is 16.9. The molecule has 6 nitrogen and oxygen atoms in total. The molecule has 430 valence electrons. The maximum atomic E-state index is 12.9. The summed E-state index contributed by atoms with van der Waals surface area (Å²) in [7, 11) is 0. The smallest absolute Gasteiger partial charge is 0.306 e. The molecule has 6 heteroatoms. The molecule has 1 unspecified atom stereocenters. The normalized spacial score (nSPS) is 12.7. The lowest BCUT2D eigenvalue weighted by Gasteiger charge is -2.18. The van der Waals surface area contributed by atoms with Crippen molar-refractivity contribution in [3.8, 4) is 0 Å². The predicted molar refractivity (Wildman–Crippen MR) is 325 cm³/mol. The second-order valence-corrected chi connectivity index (χ2v) is 20.9. The van der Waals surface area contributed by atoms with Gasteiger partial charge in [0.15, 0.2) is 6.10 Å². The van der Waals surface area contributed by atoms with E-state index in [0.29, 0.717) is 19.3 Å². The number of hydrogen-bond acceptors (Lipinski definition) is 6. The molecule has 0 aromatic heterocycles. The summed E-state index contributed by atoms with van der Waals surface area (Å²) in [6, 6.07) is 0. The van der Waals surface area contributed by atoms with Gasteiger partial charge >= 0.3 is 17.9 Å². The summed E-state index contributed by atoms with van der Waals surface area (Å²) in [5.74, 6) is -0.939. The van der Waals surface area contributed by atoms with E-state index in [1.54, 1.807) is 0 Å². The van der Waals surface area contributed by atoms with Gasteiger partial charge in [-0.1, -0.05) is 259 Å². The number of hydrogen-bond donors (Lipinski definition) is 0. The highest BCUT2D eigenvalue weighted by Crippen LogP contribution is 2.15. The number of ether oxygens (including phenoxy) is 3. The van der Waals surface area contributed by atoms with Crippen LogP contribution in [-0.2, 0) is 28.6 Å². The van der Waals surface area contributed by atoms with Crippen molar-refractivity contribution in [2.24, 2.45) is 0 Å². The monoisotopic (exact) mass is 1040 g/mol. The first-order valence-corrected chi connectivity index (χ1v) is 31.7. The Bertz CT molecular complexity index is 1480. The van der Waals surface area contributed by atoms with Gasteiger partial charge in [-0.05, 0) is 122 Å². The molecule has 1 atom stereocenters. The van der Waals surface area contributed by atoms with E-state index in [4.69, 9.17) is 14.2 Å². The fourth-order valence-electron chi connectivity index (χ4n) is 8.79. The first-order chi connectivity index (χ1) is 37.0. The van der Waals surface area contributed by atoms with E-state index in [-0.39, 0.29) is 31.1 Å². The molecule has 0 amide bonds. The van der Waals surface area contributed by atoms with Crippen molar-refractivity contribution in [1.29, 1.82) is 0 Å². The van der Waals surface area contributed by atoms with Crippen LogP contribution in [0, 0.1) is 0 Å². The molecule has 0 saturated heterocycles. The van der Waals surface area contributed by atoms with Gasteiger partial charge in [0.05, 0.1) is 0 Å². The van der Waals surface area contributed by atoms with Crippen molar-refractivity contribution in [3.05, 3.63) is 97.2 Å². The Kier molecular flexibility index (Phi) is 59.8. The lowest BCUT2D eigenvalue weighted by Crippen LogP contribution is -2.30. The Hall–Kier alpha value is -3.67. The van der Waals surface area contributed by atoms with E-state index in [1.165, 1.54) is 167 Å². The molecule has 0 N–H and O–H groups in total. The average molecular weight is 1040 g/mol. The van der Waals surface area contributed by atoms with Crippen molar-refractivity contribution in [2.45, 2.75) is 309 Å². The molecule has 0 bridgehead atoms. The molecule has 0 aliphatic heterocycles. The Balaban J connectivity index is 4.47. The van der Waals surface area contributed by atoms with Crippen molar-refractivity contribution in [3.63, 3.8) is 0 Å². The van der Waals surface area contributed by atoms with Gasteiger partial charge in [0.25, 0.3) is 0 Å². The average Bonchev–Trinajstić information content (AvgIpc) is 3.41. The number of unbranched alkanes of at least 4 members (excludes halogenated alkanes) is 30. The standard InChI is InChI=1S/C69H118O6/c1-4-7-10-13-16-19-22-25-28-31-34-35-36-39-41-44-47-50-53-56-59-62-68(71)74-65-66(75-69(72)63-60-57-54-51-48-45-42-38-33-30-27-24-21-18-15-12-9-6-3)64-73-67(70)61-58-55-52-49-46-43-40-37-32-29-26-23-20-17-14-11-8-5-2/h7,10,16,19,25,28-30,32-35,39,41,47,50,66H,4-6,8-9,11-15,17-18,20-24,26-27,31,36-38,40,42-46,48-49,51-65H2,1-3H3/b10-7-,19-16-,28-25-,32-29-,33-30-,35-34-,41-39-,50-47-. The zero-order valence-corrected chi connectivity index (χ0v) is 49.3. The van der Waals surface area contributed by atoms with Crippen LogP contribution < -0.4 is 0 Å². The molecule has 0 aromatic carbocycles. The first-order valence-electron chi connectivity index (χ1n) is 31.7. The topological polar surface area (TPSA) is 78.9 Å². The van der Waals surface area contributed by atoms with Crippen molar-refractivity contribution < 1.29 is 28.6 Å². The number of allylic oxidation sites excluding steroid dienone is 16. The van der Waals surface area contributed by atoms with Crippen LogP contribution in [0.15, 0.2) is 97.2 Å². The van der Waals surface area contributed by atoms with E-state index in [1.807, 2.05) is 0 Å². The maximum absolute atomic E-state index is 12.9. The van der Waals surface area contributed by atoms with E-state index in [9.17, 15) is 14.4 Å². The van der Waals surface area contributed by atoms with Gasteiger partial charge in [0.2, 0.25) is 0 Å². The van der Waals surface area contributed by atoms with E-state index in [2.05, 4.69) is 118 Å². The van der Waals surface area contributed by atoms with Crippen LogP contribution in [0.5, 0.6) is 0 Å². The van der Waals surface area contributed by atoms with Gasteiger partial charge < -0.3 is 14.2 Å². The first kappa shape index (κ1) is 71.3. The number of rotatable bonds is 57. The summed E-state index contributed by atoms with van der Waals surface area (Å²) >= 11 is 0. The third kappa shape index (κ3) is 61.1. The molecule has 75 heavy (non-hydrogen) atoms. The highest BCUT2D eigenvalue weighted by atomic mass is 16.6. The largest absolute Gasteiger partial charge is 0.462 e. The predicted octanol–water partition coefficient (Wildman–Crippen LogP) is 21.7. The quantitative estimate of drug-likeness (QED) is 0.0261. The molecular weight excluding hydrogens is 925 g/mol. The second kappa shape index (κ2) is 62.9. The molecule has 0 rings (SSSR count). The zero-order chi connectivity index (χ0) is 54.3. The second-order valence-electron chi connectivity index (χ2n) is 20.9. The fourth-order valence-corrected chi connectivity index (χ4v) is 8.79. The Morgan fingerprint density at radius 2 is 0.520 bits per heavy atom. The number of carbonyl (C=O) groups is 3. The highest BCUT2D eigenvalue weighted by Gasteiger charge is 2.19. The minimum Gasteiger partial charge on any atom is -0.462 e. The van der Waals surface area contributed by atoms with Gasteiger partial charge in [-0.15, -0.1) is 0 Å². The van der Waals surface area contributed by atoms with Gasteiger partial charge in [-0.2, -0.15) is 0 Å². The minimum atomic E-state index is -0.802. The van der Waals surface area contributed by atoms with Crippen molar-refractivity contribution >= 4 is 17.9 Å². The van der Waals surface area contributed by atoms with Crippen LogP contribution in [0.1, 0.15) is 303 Å². The summed E-state index contributed by atoms with van der Waals surface area (Å²) in [5, 5.41) is 0. The number of esters is 3. The van der Waals surface area contributed by atoms with E-state index >= 15 is 0 Å². The molecular formula is C69H118O6. The molecule has 0 aromatic rings. The Morgan fingerprint density at radius 3 is 0.853 bits per heavy atom. The summed E-state index contributed by atoms with van der Waals surface area (Å²) in [6.45, 7) is 6.51. The van der Waals surface area contributed by atoms with E-state index in [0.717, 1.165) is 96.3 Å². The summed E-state index contributed by atoms with van der Waals surface area (Å²) in [6.07, 6.45) is 84.1. The third-order valence-corrected chi connectivity index (χ3v) is 13.5. The highest BCUT2D eigenvalue weighted by molar-refractivity contribution is 5.71. The zero-order valence-electron chi connectivity index (χ0n) is 49.3. The van der Waals surface area contributed by atoms with Crippen LogP contribution in [0.2, 0.25) is 0 Å². The van der Waals surface area contributed by atoms with E-state index < -0.39 is 6.10 Å². The van der Waals surface area contributed by atoms with Gasteiger partial charge in [0, 0.05) is 19.3 Å². The van der Waals surface area contributed by atoms with Crippen molar-refractivity contribution in [2.75, 3.05) is 13.2 Å². The lowest BCUT2D eigenvalue weighted by atomic mass is 10.1. The lowest BCUT2D eigenvalue weighted by molar-refractivity contribution is -0.167. The number of carbonyl (C=O) groups excluding carboxylic acids is 3. The Morgan fingerprint density at radius 1 is 0.280 bits per heavy atom. The molecule has 0 fully saturated rings. The SMILES string of the molecule is CC/C=C\C/C=C\C/C=C\C/C=C\C/C=C\C/C=C\CCCCC(=O)OCC(COC(=O)CCCCCCCCC/C=C\CCCCCCCCC)OC(=O)CCCCCCCCC/C=C\CCCCCCCCC. The van der Waals surface area contributed by atoms with Gasteiger partial charge in [0.1, 0.15) is 13.2 Å². The van der Waals surface area contributed by atoms with Gasteiger partial charge in [-0.25, -0.2) is 0 Å². The molecule has 0 radical (unpaired) electrons. The summed E-state index contributed by atoms with van der Waals surface area (Å²) in [4.78, 5) is 38.3. The third-order valence-electron chi connectivity index (χ3n) is 13.5. The maximum Gasteiger partial charge on any atom is 0.306 e. The molecule has 0 aliphatic rings. The molecule has 0 aliphatic carbocycles. The minimum absolute atomic E-state index is 0.0949. The molecule has 0 saturated carbocycles. The van der Waals surface area contributed by atoms with Crippen LogP contribution >= 0.6 is 0 Å². The van der Waals surface area contributed by atoms with Gasteiger partial charge in [-0.3, -0.25) is 14.4 Å². The molecule has 0 spiro atoms. The van der Waals surface area contributed by atoms with Crippen molar-refractivity contribution in [1.82, 2.24) is 0 Å². The fraction of sp³-hybridized carbons (Fsp3) is 0.725. The van der Waals surface area contributed by atoms with Crippen LogP contribution in [0.4, 0.5) is 0 Å².